The number of aliphatic hydroxyl groups is 1. The van der Waals surface area contributed by atoms with Crippen molar-refractivity contribution >= 4 is 0 Å². The van der Waals surface area contributed by atoms with E-state index in [-0.39, 0.29) is 6.54 Å². The summed E-state index contributed by atoms with van der Waals surface area (Å²) >= 11 is 0. The predicted molar refractivity (Wildman–Crippen MR) is 74.4 cm³/mol. The molecule has 0 spiro atoms. The van der Waals surface area contributed by atoms with Crippen molar-refractivity contribution in [1.82, 2.24) is 9.78 Å². The minimum absolute atomic E-state index is 0.290. The fraction of sp³-hybridized carbons (Fsp3) is 0.400. The predicted octanol–water partition coefficient (Wildman–Crippen LogP) is 1.65. The topological polar surface area (TPSA) is 64.1 Å². The molecule has 3 rings (SSSR count). The molecule has 19 heavy (non-hydrogen) atoms. The largest absolute Gasteiger partial charge is 0.386 e. The Morgan fingerprint density at radius 1 is 1.26 bits per heavy atom. The van der Waals surface area contributed by atoms with Crippen LogP contribution in [0.5, 0.6) is 0 Å². The molecule has 100 valence electrons. The van der Waals surface area contributed by atoms with Crippen LogP contribution in [0, 0.1) is 5.92 Å². The van der Waals surface area contributed by atoms with E-state index in [0.29, 0.717) is 12.5 Å². The van der Waals surface area contributed by atoms with Gasteiger partial charge >= 0.3 is 0 Å². The third kappa shape index (κ3) is 2.55. The van der Waals surface area contributed by atoms with Gasteiger partial charge in [-0.1, -0.05) is 30.3 Å². The van der Waals surface area contributed by atoms with Gasteiger partial charge in [0.2, 0.25) is 0 Å². The van der Waals surface area contributed by atoms with E-state index in [0.717, 1.165) is 24.0 Å². The van der Waals surface area contributed by atoms with E-state index in [9.17, 15) is 5.11 Å². The van der Waals surface area contributed by atoms with Crippen molar-refractivity contribution in [3.05, 3.63) is 42.7 Å². The van der Waals surface area contributed by atoms with Crippen molar-refractivity contribution in [2.75, 3.05) is 6.54 Å². The second-order valence-corrected chi connectivity index (χ2v) is 5.37. The molecule has 1 saturated carbocycles. The second kappa shape index (κ2) is 4.79. The zero-order valence-corrected chi connectivity index (χ0v) is 10.9. The molecule has 0 radical (unpaired) electrons. The van der Waals surface area contributed by atoms with Crippen LogP contribution in [0.4, 0.5) is 0 Å². The maximum Gasteiger partial charge on any atom is 0.0991 e. The van der Waals surface area contributed by atoms with Crippen molar-refractivity contribution in [3.63, 3.8) is 0 Å². The summed E-state index contributed by atoms with van der Waals surface area (Å²) < 4.78 is 1.80. The summed E-state index contributed by atoms with van der Waals surface area (Å²) in [6.07, 6.45) is 5.94. The number of nitrogens with zero attached hydrogens (tertiary/aromatic N) is 2. The van der Waals surface area contributed by atoms with Gasteiger partial charge < -0.3 is 10.8 Å². The Morgan fingerprint density at radius 3 is 2.63 bits per heavy atom. The zero-order valence-electron chi connectivity index (χ0n) is 10.9. The summed E-state index contributed by atoms with van der Waals surface area (Å²) in [7, 11) is 0. The van der Waals surface area contributed by atoms with E-state index in [1.807, 2.05) is 30.6 Å². The smallest absolute Gasteiger partial charge is 0.0991 e. The molecule has 4 nitrogen and oxygen atoms in total. The maximum absolute atomic E-state index is 10.5. The van der Waals surface area contributed by atoms with Crippen LogP contribution in [0.3, 0.4) is 0 Å². The number of nitrogens with two attached hydrogens (primary N) is 1. The normalized spacial score (nSPS) is 18.2. The van der Waals surface area contributed by atoms with E-state index < -0.39 is 5.60 Å². The summed E-state index contributed by atoms with van der Waals surface area (Å²) in [5.74, 6) is 0.335. The Hall–Kier alpha value is -1.65. The van der Waals surface area contributed by atoms with Crippen LogP contribution in [0.2, 0.25) is 0 Å². The van der Waals surface area contributed by atoms with Gasteiger partial charge in [0.05, 0.1) is 18.3 Å². The van der Waals surface area contributed by atoms with Crippen molar-refractivity contribution in [2.24, 2.45) is 11.7 Å². The summed E-state index contributed by atoms with van der Waals surface area (Å²) in [4.78, 5) is 0. The molecule has 1 aromatic heterocycles. The zero-order chi connectivity index (χ0) is 13.3. The van der Waals surface area contributed by atoms with Crippen molar-refractivity contribution < 1.29 is 5.11 Å². The van der Waals surface area contributed by atoms with Crippen molar-refractivity contribution in [2.45, 2.75) is 25.0 Å². The van der Waals surface area contributed by atoms with Crippen molar-refractivity contribution in [1.29, 1.82) is 0 Å². The first kappa shape index (κ1) is 12.4. The fourth-order valence-electron chi connectivity index (χ4n) is 2.49. The van der Waals surface area contributed by atoms with Crippen LogP contribution in [0.15, 0.2) is 42.7 Å². The number of aromatic nitrogens is 2. The molecule has 0 saturated heterocycles. The maximum atomic E-state index is 10.5. The molecule has 3 N–H and O–H groups in total. The van der Waals surface area contributed by atoms with Crippen molar-refractivity contribution in [3.8, 4) is 11.1 Å². The third-order valence-corrected chi connectivity index (χ3v) is 3.87. The van der Waals surface area contributed by atoms with Gasteiger partial charge in [-0.15, -0.1) is 0 Å². The number of hydrogen-bond acceptors (Lipinski definition) is 3. The molecule has 1 aromatic carbocycles. The summed E-state index contributed by atoms with van der Waals surface area (Å²) in [6, 6.07) is 10.1. The standard InChI is InChI=1S/C15H19N3O/c16-10-15(19,14-6-7-14)11-18-9-13(8-17-18)12-4-2-1-3-5-12/h1-5,8-9,14,19H,6-7,10-11,16H2. The molecule has 0 aliphatic heterocycles. The van der Waals surface area contributed by atoms with Crippen LogP contribution in [-0.4, -0.2) is 27.0 Å². The molecular formula is C15H19N3O. The first-order valence-corrected chi connectivity index (χ1v) is 6.71. The minimum atomic E-state index is -0.806. The lowest BCUT2D eigenvalue weighted by molar-refractivity contribution is 0.00628. The van der Waals surface area contributed by atoms with E-state index in [4.69, 9.17) is 5.73 Å². The van der Waals surface area contributed by atoms with E-state index >= 15 is 0 Å². The van der Waals surface area contributed by atoms with Gasteiger partial charge in [-0.2, -0.15) is 5.10 Å². The minimum Gasteiger partial charge on any atom is -0.386 e. The van der Waals surface area contributed by atoms with Gasteiger partial charge in [0.25, 0.3) is 0 Å². The van der Waals surface area contributed by atoms with Crippen LogP contribution in [-0.2, 0) is 6.54 Å². The van der Waals surface area contributed by atoms with Gasteiger partial charge in [-0.05, 0) is 24.3 Å². The highest BCUT2D eigenvalue weighted by Crippen LogP contribution is 2.40. The molecule has 1 unspecified atom stereocenters. The average molecular weight is 257 g/mol. The van der Waals surface area contributed by atoms with E-state index in [1.165, 1.54) is 0 Å². The van der Waals surface area contributed by atoms with E-state index in [1.54, 1.807) is 4.68 Å². The first-order chi connectivity index (χ1) is 9.21. The molecule has 1 aliphatic rings. The quantitative estimate of drug-likeness (QED) is 0.856. The monoisotopic (exact) mass is 257 g/mol. The molecule has 1 heterocycles. The number of benzene rings is 1. The van der Waals surface area contributed by atoms with Crippen LogP contribution >= 0.6 is 0 Å². The Bertz CT molecular complexity index is 548. The van der Waals surface area contributed by atoms with Gasteiger partial charge in [0.1, 0.15) is 0 Å². The molecule has 1 atom stereocenters. The molecule has 4 heteroatoms. The number of rotatable bonds is 5. The summed E-state index contributed by atoms with van der Waals surface area (Å²) in [6.45, 7) is 0.763. The molecule has 0 bridgehead atoms. The Kier molecular flexibility index (Phi) is 3.12. The molecule has 0 amide bonds. The highest BCUT2D eigenvalue weighted by atomic mass is 16.3. The summed E-state index contributed by atoms with van der Waals surface area (Å²) in [5.41, 5.74) is 7.12. The SMILES string of the molecule is NCC(O)(Cn1cc(-c2ccccc2)cn1)C1CC1. The first-order valence-electron chi connectivity index (χ1n) is 6.71. The molecule has 1 aliphatic carbocycles. The lowest BCUT2D eigenvalue weighted by Gasteiger charge is -2.26. The highest BCUT2D eigenvalue weighted by molar-refractivity contribution is 5.61. The second-order valence-electron chi connectivity index (χ2n) is 5.37. The van der Waals surface area contributed by atoms with Gasteiger partial charge in [-0.25, -0.2) is 0 Å². The Morgan fingerprint density at radius 2 is 2.00 bits per heavy atom. The number of hydrogen-bond donors (Lipinski definition) is 2. The van der Waals surface area contributed by atoms with Crippen LogP contribution in [0.1, 0.15) is 12.8 Å². The summed E-state index contributed by atoms with van der Waals surface area (Å²) in [5, 5.41) is 14.8. The van der Waals surface area contributed by atoms with E-state index in [2.05, 4.69) is 17.2 Å². The lowest BCUT2D eigenvalue weighted by Crippen LogP contribution is -2.44. The fourth-order valence-corrected chi connectivity index (χ4v) is 2.49. The molecule has 1 fully saturated rings. The highest BCUT2D eigenvalue weighted by Gasteiger charge is 2.43. The average Bonchev–Trinajstić information content (AvgIpc) is 3.21. The van der Waals surface area contributed by atoms with Gasteiger partial charge in [-0.3, -0.25) is 4.68 Å². The van der Waals surface area contributed by atoms with Gasteiger partial charge in [0, 0.05) is 18.3 Å². The van der Waals surface area contributed by atoms with Crippen LogP contribution in [0.25, 0.3) is 11.1 Å². The Balaban J connectivity index is 1.78. The Labute approximate surface area is 112 Å². The third-order valence-electron chi connectivity index (χ3n) is 3.87. The molecule has 2 aromatic rings. The van der Waals surface area contributed by atoms with Crippen LogP contribution < -0.4 is 5.73 Å². The lowest BCUT2D eigenvalue weighted by atomic mass is 9.98. The van der Waals surface area contributed by atoms with Gasteiger partial charge in [0.15, 0.2) is 0 Å². The molecular weight excluding hydrogens is 238 g/mol.